The van der Waals surface area contributed by atoms with Gasteiger partial charge in [-0.15, -0.1) is 0 Å². The molecule has 304 valence electrons. The largest absolute Gasteiger partial charge is 0.0622 e. The molecule has 12 aromatic rings. The van der Waals surface area contributed by atoms with Crippen molar-refractivity contribution in [1.29, 1.82) is 0 Å². The minimum atomic E-state index is -0.0895. The minimum Gasteiger partial charge on any atom is -0.0622 e. The average Bonchev–Trinajstić information content (AvgIpc) is 3.60. The van der Waals surface area contributed by atoms with Gasteiger partial charge < -0.3 is 0 Å². The predicted molar refractivity (Wildman–Crippen MR) is 279 cm³/mol. The van der Waals surface area contributed by atoms with Crippen LogP contribution in [-0.2, 0) is 5.41 Å². The summed E-state index contributed by atoms with van der Waals surface area (Å²) in [6.07, 6.45) is 0. The molecular weight excluding hydrogens is 781 g/mol. The van der Waals surface area contributed by atoms with E-state index in [1.165, 1.54) is 132 Å². The standard InChI is InChI=1S/C65H44/c1-65(2)61-29-13-12-26-53(61)54-35-31-47(40-62(54)65)46-30-33-51-52-34-32-48(58-37-45-21-7-6-20-44(45)36-57(58)43-16-4-3-5-17-43)39-60(52)64(56-28-15-23-42-19-9-11-25-50(42)56)63(59(51)38-46)55-27-14-22-41-18-8-10-24-49(41)55/h3-40H,1-2H3. The van der Waals surface area contributed by atoms with Crippen LogP contribution in [0.4, 0.5) is 0 Å². The van der Waals surface area contributed by atoms with E-state index in [1.54, 1.807) is 0 Å². The van der Waals surface area contributed by atoms with Crippen LogP contribution in [0, 0.1) is 0 Å². The first-order chi connectivity index (χ1) is 32.0. The van der Waals surface area contributed by atoms with Crippen LogP contribution in [0.15, 0.2) is 231 Å². The van der Waals surface area contributed by atoms with Gasteiger partial charge in [0.2, 0.25) is 0 Å². The van der Waals surface area contributed by atoms with Gasteiger partial charge in [-0.3, -0.25) is 0 Å². The normalized spacial score (nSPS) is 12.9. The zero-order valence-corrected chi connectivity index (χ0v) is 36.4. The van der Waals surface area contributed by atoms with Gasteiger partial charge in [0.05, 0.1) is 0 Å². The van der Waals surface area contributed by atoms with Gasteiger partial charge in [0.25, 0.3) is 0 Å². The lowest BCUT2D eigenvalue weighted by atomic mass is 9.80. The van der Waals surface area contributed by atoms with E-state index in [1.807, 2.05) is 0 Å². The van der Waals surface area contributed by atoms with Crippen LogP contribution >= 0.6 is 0 Å². The van der Waals surface area contributed by atoms with Gasteiger partial charge in [-0.05, 0) is 162 Å². The fourth-order valence-corrected chi connectivity index (χ4v) is 11.3. The summed E-state index contributed by atoms with van der Waals surface area (Å²) in [6.45, 7) is 4.75. The highest BCUT2D eigenvalue weighted by Crippen LogP contribution is 2.52. The van der Waals surface area contributed by atoms with Crippen LogP contribution in [-0.4, -0.2) is 0 Å². The summed E-state index contributed by atoms with van der Waals surface area (Å²) in [5.74, 6) is 0. The molecule has 0 aliphatic heterocycles. The maximum absolute atomic E-state index is 2.49. The molecule has 12 aromatic carbocycles. The molecule has 13 rings (SSSR count). The maximum Gasteiger partial charge on any atom is 0.0159 e. The van der Waals surface area contributed by atoms with E-state index in [0.717, 1.165) is 0 Å². The molecule has 0 N–H and O–H groups in total. The van der Waals surface area contributed by atoms with Crippen molar-refractivity contribution in [2.75, 3.05) is 0 Å². The van der Waals surface area contributed by atoms with Crippen molar-refractivity contribution >= 4 is 53.9 Å². The molecular formula is C65H44. The van der Waals surface area contributed by atoms with Crippen molar-refractivity contribution in [2.24, 2.45) is 0 Å². The van der Waals surface area contributed by atoms with Crippen molar-refractivity contribution < 1.29 is 0 Å². The maximum atomic E-state index is 2.49. The fraction of sp³-hybridized carbons (Fsp3) is 0.0462. The highest BCUT2D eigenvalue weighted by molar-refractivity contribution is 6.26. The van der Waals surface area contributed by atoms with Crippen LogP contribution in [0.5, 0.6) is 0 Å². The molecule has 0 radical (unpaired) electrons. The van der Waals surface area contributed by atoms with E-state index in [-0.39, 0.29) is 5.41 Å². The summed E-state index contributed by atoms with van der Waals surface area (Å²) in [4.78, 5) is 0. The fourth-order valence-electron chi connectivity index (χ4n) is 11.3. The Bertz CT molecular complexity index is 3890. The molecule has 1 aliphatic carbocycles. The summed E-state index contributed by atoms with van der Waals surface area (Å²) in [5.41, 5.74) is 17.7. The molecule has 0 unspecified atom stereocenters. The van der Waals surface area contributed by atoms with Crippen LogP contribution in [0.3, 0.4) is 0 Å². The van der Waals surface area contributed by atoms with E-state index in [4.69, 9.17) is 0 Å². The Kier molecular flexibility index (Phi) is 8.36. The Morgan fingerprint density at radius 2 is 0.677 bits per heavy atom. The Balaban J connectivity index is 1.16. The molecule has 0 amide bonds. The molecule has 0 atom stereocenters. The molecule has 65 heavy (non-hydrogen) atoms. The number of fused-ring (bicyclic) bond motifs is 9. The van der Waals surface area contributed by atoms with Gasteiger partial charge in [-0.25, -0.2) is 0 Å². The Morgan fingerprint density at radius 1 is 0.231 bits per heavy atom. The minimum absolute atomic E-state index is 0.0895. The van der Waals surface area contributed by atoms with Crippen LogP contribution in [0.2, 0.25) is 0 Å². The van der Waals surface area contributed by atoms with Gasteiger partial charge in [0.1, 0.15) is 0 Å². The molecule has 0 heterocycles. The van der Waals surface area contributed by atoms with Crippen molar-refractivity contribution in [3.63, 3.8) is 0 Å². The lowest BCUT2D eigenvalue weighted by Gasteiger charge is -2.23. The van der Waals surface area contributed by atoms with Gasteiger partial charge in [0.15, 0.2) is 0 Å². The predicted octanol–water partition coefficient (Wildman–Crippen LogP) is 18.1. The van der Waals surface area contributed by atoms with Crippen LogP contribution in [0.1, 0.15) is 25.0 Å². The topological polar surface area (TPSA) is 0 Å². The molecule has 1 aliphatic rings. The van der Waals surface area contributed by atoms with Gasteiger partial charge >= 0.3 is 0 Å². The molecule has 0 heteroatoms. The molecule has 0 aromatic heterocycles. The molecule has 0 saturated carbocycles. The summed E-state index contributed by atoms with van der Waals surface area (Å²) in [7, 11) is 0. The second-order valence-electron chi connectivity index (χ2n) is 18.4. The lowest BCUT2D eigenvalue weighted by Crippen LogP contribution is -2.14. The van der Waals surface area contributed by atoms with Gasteiger partial charge in [0, 0.05) is 5.41 Å². The van der Waals surface area contributed by atoms with Crippen LogP contribution < -0.4 is 0 Å². The van der Waals surface area contributed by atoms with Crippen molar-refractivity contribution in [2.45, 2.75) is 19.3 Å². The third kappa shape index (κ3) is 5.84. The van der Waals surface area contributed by atoms with Gasteiger partial charge in [-0.2, -0.15) is 0 Å². The number of hydrogen-bond acceptors (Lipinski definition) is 0. The summed E-state index contributed by atoms with van der Waals surface area (Å²) < 4.78 is 0. The zero-order valence-electron chi connectivity index (χ0n) is 36.4. The SMILES string of the molecule is CC1(C)c2ccccc2-c2ccc(-c3ccc4c(c3)c(-c3cccc5ccccc35)c(-c3cccc5ccccc35)c3cc(-c5cc6ccccc6cc5-c5ccccc5)ccc34)cc21. The second-order valence-corrected chi connectivity index (χ2v) is 18.4. The number of benzene rings is 12. The quantitative estimate of drug-likeness (QED) is 0.152. The molecule has 0 bridgehead atoms. The first-order valence-corrected chi connectivity index (χ1v) is 22.8. The van der Waals surface area contributed by atoms with Gasteiger partial charge in [-0.1, -0.05) is 214 Å². The first-order valence-electron chi connectivity index (χ1n) is 22.8. The Labute approximate surface area is 379 Å². The molecule has 0 saturated heterocycles. The van der Waals surface area contributed by atoms with Crippen molar-refractivity contribution in [3.8, 4) is 66.8 Å². The average molecular weight is 825 g/mol. The van der Waals surface area contributed by atoms with E-state index in [9.17, 15) is 0 Å². The molecule has 0 spiro atoms. The summed E-state index contributed by atoms with van der Waals surface area (Å²) in [6, 6.07) is 86.4. The highest BCUT2D eigenvalue weighted by Gasteiger charge is 2.35. The highest BCUT2D eigenvalue weighted by atomic mass is 14.4. The van der Waals surface area contributed by atoms with E-state index in [2.05, 4.69) is 244 Å². The third-order valence-electron chi connectivity index (χ3n) is 14.4. The lowest BCUT2D eigenvalue weighted by molar-refractivity contribution is 0.660. The third-order valence-corrected chi connectivity index (χ3v) is 14.4. The Hall–Kier alpha value is -8.06. The van der Waals surface area contributed by atoms with Crippen LogP contribution in [0.25, 0.3) is 121 Å². The zero-order chi connectivity index (χ0) is 43.2. The van der Waals surface area contributed by atoms with E-state index in [0.29, 0.717) is 0 Å². The van der Waals surface area contributed by atoms with E-state index >= 15 is 0 Å². The molecule has 0 fully saturated rings. The second kappa shape index (κ2) is 14.5. The summed E-state index contributed by atoms with van der Waals surface area (Å²) in [5, 5.41) is 12.4. The summed E-state index contributed by atoms with van der Waals surface area (Å²) >= 11 is 0. The first kappa shape index (κ1) is 37.5. The monoisotopic (exact) mass is 824 g/mol. The smallest absolute Gasteiger partial charge is 0.0159 e. The van der Waals surface area contributed by atoms with Crippen molar-refractivity contribution in [3.05, 3.63) is 242 Å². The number of hydrogen-bond donors (Lipinski definition) is 0. The molecule has 0 nitrogen and oxygen atoms in total. The Morgan fingerprint density at radius 3 is 1.32 bits per heavy atom. The number of rotatable bonds is 5. The van der Waals surface area contributed by atoms with Crippen molar-refractivity contribution in [1.82, 2.24) is 0 Å². The van der Waals surface area contributed by atoms with E-state index < -0.39 is 0 Å².